The summed E-state index contributed by atoms with van der Waals surface area (Å²) in [6.45, 7) is 9.62. The first-order chi connectivity index (χ1) is 6.15. The Labute approximate surface area is 84.4 Å². The van der Waals surface area contributed by atoms with Crippen molar-refractivity contribution in [2.45, 2.75) is 40.2 Å². The summed E-state index contributed by atoms with van der Waals surface area (Å²) < 4.78 is 0. The molecule has 0 amide bonds. The summed E-state index contributed by atoms with van der Waals surface area (Å²) in [5, 5.41) is 4.64. The van der Waals surface area contributed by atoms with Crippen LogP contribution in [-0.4, -0.2) is 11.5 Å². The molecule has 0 bridgehead atoms. The summed E-state index contributed by atoms with van der Waals surface area (Å²) >= 11 is 1.80. The smallest absolute Gasteiger partial charge is 0.0900 e. The summed E-state index contributed by atoms with van der Waals surface area (Å²) in [6, 6.07) is 0.450. The fraction of sp³-hybridized carbons (Fsp3) is 0.700. The predicted octanol–water partition coefficient (Wildman–Crippen LogP) is 2.82. The van der Waals surface area contributed by atoms with Gasteiger partial charge in [-0.2, -0.15) is 0 Å². The van der Waals surface area contributed by atoms with E-state index in [-0.39, 0.29) is 0 Å². The fourth-order valence-corrected chi connectivity index (χ4v) is 2.36. The summed E-state index contributed by atoms with van der Waals surface area (Å²) in [5.74, 6) is 0. The molecule has 0 saturated heterocycles. The molecule has 1 unspecified atom stereocenters. The molecule has 0 saturated carbocycles. The third-order valence-electron chi connectivity index (χ3n) is 2.03. The van der Waals surface area contributed by atoms with Crippen LogP contribution < -0.4 is 5.32 Å². The SMILES string of the molecule is CCCNC(C)c1sc(C)nc1C. The second-order valence-electron chi connectivity index (χ2n) is 3.36. The molecule has 1 atom stereocenters. The van der Waals surface area contributed by atoms with Crippen LogP contribution in [0, 0.1) is 13.8 Å². The van der Waals surface area contributed by atoms with Crippen molar-refractivity contribution >= 4 is 11.3 Å². The van der Waals surface area contributed by atoms with Crippen LogP contribution in [0.1, 0.15) is 41.9 Å². The van der Waals surface area contributed by atoms with Gasteiger partial charge in [-0.3, -0.25) is 0 Å². The van der Waals surface area contributed by atoms with Crippen LogP contribution in [0.15, 0.2) is 0 Å². The molecule has 0 aliphatic rings. The monoisotopic (exact) mass is 198 g/mol. The third-order valence-corrected chi connectivity index (χ3v) is 3.29. The molecule has 74 valence electrons. The van der Waals surface area contributed by atoms with Gasteiger partial charge >= 0.3 is 0 Å². The summed E-state index contributed by atoms with van der Waals surface area (Å²) in [6.07, 6.45) is 1.18. The van der Waals surface area contributed by atoms with E-state index in [2.05, 4.69) is 38.0 Å². The Balaban J connectivity index is 2.64. The molecule has 1 aromatic heterocycles. The molecular formula is C10H18N2S. The minimum absolute atomic E-state index is 0.450. The van der Waals surface area contributed by atoms with Gasteiger partial charge in [0.15, 0.2) is 0 Å². The van der Waals surface area contributed by atoms with E-state index in [1.165, 1.54) is 17.0 Å². The van der Waals surface area contributed by atoms with Gasteiger partial charge in [0.25, 0.3) is 0 Å². The molecule has 1 N–H and O–H groups in total. The third kappa shape index (κ3) is 2.78. The zero-order valence-corrected chi connectivity index (χ0v) is 9.66. The van der Waals surface area contributed by atoms with Gasteiger partial charge in [-0.25, -0.2) is 4.98 Å². The minimum Gasteiger partial charge on any atom is -0.309 e. The Morgan fingerprint density at radius 2 is 2.15 bits per heavy atom. The van der Waals surface area contributed by atoms with Crippen LogP contribution in [0.5, 0.6) is 0 Å². The Bertz CT molecular complexity index is 268. The van der Waals surface area contributed by atoms with Gasteiger partial charge in [-0.1, -0.05) is 6.92 Å². The molecule has 1 aromatic rings. The number of nitrogens with one attached hydrogen (secondary N) is 1. The molecule has 3 heteroatoms. The summed E-state index contributed by atoms with van der Waals surface area (Å²) in [5.41, 5.74) is 1.18. The van der Waals surface area contributed by atoms with Gasteiger partial charge in [-0.05, 0) is 33.7 Å². The number of aryl methyl sites for hydroxylation is 2. The zero-order valence-electron chi connectivity index (χ0n) is 8.85. The molecule has 0 radical (unpaired) electrons. The first-order valence-corrected chi connectivity index (χ1v) is 5.64. The standard InChI is InChI=1S/C10H18N2S/c1-5-6-11-7(2)10-8(3)12-9(4)13-10/h7,11H,5-6H2,1-4H3. The van der Waals surface area contributed by atoms with Crippen molar-refractivity contribution in [2.24, 2.45) is 0 Å². The van der Waals surface area contributed by atoms with E-state index < -0.39 is 0 Å². The van der Waals surface area contributed by atoms with E-state index in [4.69, 9.17) is 0 Å². The summed E-state index contributed by atoms with van der Waals surface area (Å²) in [4.78, 5) is 5.80. The van der Waals surface area contributed by atoms with E-state index in [1.807, 2.05) is 0 Å². The molecule has 0 aliphatic heterocycles. The van der Waals surface area contributed by atoms with Gasteiger partial charge in [0.1, 0.15) is 0 Å². The van der Waals surface area contributed by atoms with Gasteiger partial charge in [0.2, 0.25) is 0 Å². The van der Waals surface area contributed by atoms with Crippen molar-refractivity contribution in [3.8, 4) is 0 Å². The van der Waals surface area contributed by atoms with Crippen LogP contribution in [0.4, 0.5) is 0 Å². The number of rotatable bonds is 4. The average molecular weight is 198 g/mol. The van der Waals surface area contributed by atoms with Crippen LogP contribution in [0.25, 0.3) is 0 Å². The van der Waals surface area contributed by atoms with Gasteiger partial charge in [0, 0.05) is 10.9 Å². The van der Waals surface area contributed by atoms with Crippen LogP contribution in [-0.2, 0) is 0 Å². The normalized spacial score (nSPS) is 13.2. The summed E-state index contributed by atoms with van der Waals surface area (Å²) in [7, 11) is 0. The number of hydrogen-bond donors (Lipinski definition) is 1. The first kappa shape index (κ1) is 10.7. The molecule has 0 fully saturated rings. The van der Waals surface area contributed by atoms with E-state index in [1.54, 1.807) is 11.3 Å². The van der Waals surface area contributed by atoms with E-state index in [0.29, 0.717) is 6.04 Å². The Kier molecular flexibility index (Phi) is 3.88. The van der Waals surface area contributed by atoms with Gasteiger partial charge < -0.3 is 5.32 Å². The van der Waals surface area contributed by atoms with Crippen molar-refractivity contribution in [1.82, 2.24) is 10.3 Å². The molecule has 0 spiro atoms. The molecule has 0 aromatic carbocycles. The highest BCUT2D eigenvalue weighted by Crippen LogP contribution is 2.24. The highest BCUT2D eigenvalue weighted by molar-refractivity contribution is 7.11. The lowest BCUT2D eigenvalue weighted by atomic mass is 10.2. The van der Waals surface area contributed by atoms with Crippen LogP contribution >= 0.6 is 11.3 Å². The largest absolute Gasteiger partial charge is 0.309 e. The Hall–Kier alpha value is -0.410. The highest BCUT2D eigenvalue weighted by Gasteiger charge is 2.11. The first-order valence-electron chi connectivity index (χ1n) is 4.82. The van der Waals surface area contributed by atoms with Crippen molar-refractivity contribution in [1.29, 1.82) is 0 Å². The molecule has 1 heterocycles. The zero-order chi connectivity index (χ0) is 9.84. The maximum Gasteiger partial charge on any atom is 0.0900 e. The molecule has 0 aliphatic carbocycles. The molecular weight excluding hydrogens is 180 g/mol. The molecule has 1 rings (SSSR count). The van der Waals surface area contributed by atoms with E-state index >= 15 is 0 Å². The lowest BCUT2D eigenvalue weighted by Crippen LogP contribution is -2.18. The molecule has 13 heavy (non-hydrogen) atoms. The number of thiazole rings is 1. The molecule has 2 nitrogen and oxygen atoms in total. The topological polar surface area (TPSA) is 24.9 Å². The Morgan fingerprint density at radius 1 is 1.46 bits per heavy atom. The lowest BCUT2D eigenvalue weighted by Gasteiger charge is -2.11. The maximum absolute atomic E-state index is 4.42. The Morgan fingerprint density at radius 3 is 2.62 bits per heavy atom. The minimum atomic E-state index is 0.450. The van der Waals surface area contributed by atoms with Gasteiger partial charge in [-0.15, -0.1) is 11.3 Å². The maximum atomic E-state index is 4.42. The average Bonchev–Trinajstić information content (AvgIpc) is 2.41. The quantitative estimate of drug-likeness (QED) is 0.804. The van der Waals surface area contributed by atoms with Crippen LogP contribution in [0.3, 0.4) is 0 Å². The number of hydrogen-bond acceptors (Lipinski definition) is 3. The van der Waals surface area contributed by atoms with Crippen molar-refractivity contribution in [3.63, 3.8) is 0 Å². The second-order valence-corrected chi connectivity index (χ2v) is 4.59. The van der Waals surface area contributed by atoms with E-state index in [9.17, 15) is 0 Å². The van der Waals surface area contributed by atoms with Crippen molar-refractivity contribution in [2.75, 3.05) is 6.54 Å². The second kappa shape index (κ2) is 4.72. The predicted molar refractivity (Wildman–Crippen MR) is 58.3 cm³/mol. The van der Waals surface area contributed by atoms with Gasteiger partial charge in [0.05, 0.1) is 10.7 Å². The lowest BCUT2D eigenvalue weighted by molar-refractivity contribution is 0.575. The van der Waals surface area contributed by atoms with Crippen molar-refractivity contribution < 1.29 is 0 Å². The fourth-order valence-electron chi connectivity index (χ4n) is 1.40. The number of nitrogens with zero attached hydrogens (tertiary/aromatic N) is 1. The van der Waals surface area contributed by atoms with Crippen LogP contribution in [0.2, 0.25) is 0 Å². The number of aromatic nitrogens is 1. The van der Waals surface area contributed by atoms with Crippen molar-refractivity contribution in [3.05, 3.63) is 15.6 Å². The van der Waals surface area contributed by atoms with E-state index in [0.717, 1.165) is 11.6 Å². The highest BCUT2D eigenvalue weighted by atomic mass is 32.1.